The molecule has 0 radical (unpaired) electrons. The van der Waals surface area contributed by atoms with E-state index in [4.69, 9.17) is 10.4 Å². The highest BCUT2D eigenvalue weighted by Crippen LogP contribution is 2.27. The van der Waals surface area contributed by atoms with E-state index in [1.54, 1.807) is 0 Å². The van der Waals surface area contributed by atoms with E-state index >= 15 is 0 Å². The maximum absolute atomic E-state index is 14.2. The van der Waals surface area contributed by atoms with Gasteiger partial charge in [-0.2, -0.15) is 10.4 Å². The molecular weight excluding hydrogens is 289 g/mol. The fourth-order valence-corrected chi connectivity index (χ4v) is 2.10. The summed E-state index contributed by atoms with van der Waals surface area (Å²) in [4.78, 5) is 14.8. The molecule has 108 valence electrons. The van der Waals surface area contributed by atoms with Crippen molar-refractivity contribution < 1.29 is 14.3 Å². The molecule has 2 heterocycles. The third kappa shape index (κ3) is 2.31. The van der Waals surface area contributed by atoms with Crippen molar-refractivity contribution >= 4 is 17.4 Å². The first-order chi connectivity index (χ1) is 10.6. The minimum atomic E-state index is -1.24. The van der Waals surface area contributed by atoms with Crippen LogP contribution in [0.3, 0.4) is 0 Å². The van der Waals surface area contributed by atoms with Gasteiger partial charge in [0.05, 0.1) is 17.3 Å². The number of hydrogen-bond donors (Lipinski definition) is 2. The molecular formula is C14H8FN5O2. The van der Waals surface area contributed by atoms with Crippen LogP contribution in [-0.2, 0) is 0 Å². The molecule has 0 atom stereocenters. The van der Waals surface area contributed by atoms with Gasteiger partial charge in [-0.15, -0.1) is 0 Å². The summed E-state index contributed by atoms with van der Waals surface area (Å²) in [6.07, 6.45) is 0.0420. The van der Waals surface area contributed by atoms with Gasteiger partial charge in [0.2, 0.25) is 0 Å². The van der Waals surface area contributed by atoms with Crippen molar-refractivity contribution in [2.24, 2.45) is 0 Å². The monoisotopic (exact) mass is 297 g/mol. The molecule has 0 aliphatic rings. The fraction of sp³-hybridized carbons (Fsp3) is 0. The van der Waals surface area contributed by atoms with Gasteiger partial charge in [-0.3, -0.25) is 5.32 Å². The summed E-state index contributed by atoms with van der Waals surface area (Å²) in [6.45, 7) is 0. The second-order valence-electron chi connectivity index (χ2n) is 4.40. The summed E-state index contributed by atoms with van der Waals surface area (Å²) in [5.74, 6) is -0.608. The van der Waals surface area contributed by atoms with E-state index in [0.29, 0.717) is 11.3 Å². The molecule has 1 aromatic carbocycles. The van der Waals surface area contributed by atoms with Crippen LogP contribution in [-0.4, -0.2) is 25.8 Å². The van der Waals surface area contributed by atoms with E-state index in [1.807, 2.05) is 6.07 Å². The third-order valence-corrected chi connectivity index (χ3v) is 3.00. The Labute approximate surface area is 123 Å². The second kappa shape index (κ2) is 5.14. The van der Waals surface area contributed by atoms with Crippen molar-refractivity contribution in [3.8, 4) is 17.3 Å². The average molecular weight is 297 g/mol. The maximum Gasteiger partial charge on any atom is 0.409 e. The molecule has 2 N–H and O–H groups in total. The molecule has 0 saturated carbocycles. The van der Waals surface area contributed by atoms with Gasteiger partial charge in [-0.05, 0) is 24.3 Å². The third-order valence-electron chi connectivity index (χ3n) is 3.00. The Morgan fingerprint density at radius 3 is 2.86 bits per heavy atom. The topological polar surface area (TPSA) is 103 Å². The molecule has 3 aromatic rings. The number of pyridine rings is 1. The predicted molar refractivity (Wildman–Crippen MR) is 74.7 cm³/mol. The SMILES string of the molecule is N#Cc1ccc(-c2cc(NC(=O)O)cc3ncnn23)c(F)c1. The molecule has 0 bridgehead atoms. The largest absolute Gasteiger partial charge is 0.465 e. The number of nitrogens with one attached hydrogen (secondary N) is 1. The van der Waals surface area contributed by atoms with Crippen molar-refractivity contribution in [3.05, 3.63) is 48.0 Å². The van der Waals surface area contributed by atoms with Crippen molar-refractivity contribution in [1.82, 2.24) is 14.6 Å². The summed E-state index contributed by atoms with van der Waals surface area (Å²) < 4.78 is 15.6. The summed E-state index contributed by atoms with van der Waals surface area (Å²) in [5, 5.41) is 23.8. The van der Waals surface area contributed by atoms with Crippen LogP contribution < -0.4 is 5.32 Å². The van der Waals surface area contributed by atoms with E-state index in [0.717, 1.165) is 6.07 Å². The van der Waals surface area contributed by atoms with Crippen LogP contribution in [0, 0.1) is 17.1 Å². The number of carboxylic acid groups (broad SMARTS) is 1. The molecule has 8 heteroatoms. The normalized spacial score (nSPS) is 10.4. The zero-order valence-corrected chi connectivity index (χ0v) is 11.0. The fourth-order valence-electron chi connectivity index (χ4n) is 2.10. The Kier molecular flexibility index (Phi) is 3.16. The standard InChI is InChI=1S/C14H8FN5O2/c15-11-3-8(6-16)1-2-10(11)12-4-9(19-14(21)22)5-13-17-7-18-20(12)13/h1-5,7,19H,(H,21,22). The van der Waals surface area contributed by atoms with E-state index in [-0.39, 0.29) is 16.8 Å². The number of amides is 1. The molecule has 0 saturated heterocycles. The summed E-state index contributed by atoms with van der Waals surface area (Å²) in [5.41, 5.74) is 1.30. The van der Waals surface area contributed by atoms with Gasteiger partial charge in [-0.1, -0.05) is 0 Å². The highest BCUT2D eigenvalue weighted by Gasteiger charge is 2.13. The molecule has 2 aromatic heterocycles. The molecule has 0 aliphatic carbocycles. The van der Waals surface area contributed by atoms with Gasteiger partial charge < -0.3 is 5.11 Å². The average Bonchev–Trinajstić information content (AvgIpc) is 2.94. The second-order valence-corrected chi connectivity index (χ2v) is 4.40. The van der Waals surface area contributed by atoms with Crippen LogP contribution in [0.1, 0.15) is 5.56 Å². The Morgan fingerprint density at radius 2 is 2.18 bits per heavy atom. The van der Waals surface area contributed by atoms with Gasteiger partial charge in [0.15, 0.2) is 5.65 Å². The molecule has 0 aliphatic heterocycles. The molecule has 0 spiro atoms. The number of benzene rings is 1. The van der Waals surface area contributed by atoms with Gasteiger partial charge >= 0.3 is 6.09 Å². The van der Waals surface area contributed by atoms with Crippen molar-refractivity contribution in [3.63, 3.8) is 0 Å². The lowest BCUT2D eigenvalue weighted by molar-refractivity contribution is 0.210. The van der Waals surface area contributed by atoms with Crippen LogP contribution in [0.4, 0.5) is 14.9 Å². The van der Waals surface area contributed by atoms with Crippen LogP contribution in [0.2, 0.25) is 0 Å². The Morgan fingerprint density at radius 1 is 1.36 bits per heavy atom. The smallest absolute Gasteiger partial charge is 0.409 e. The van der Waals surface area contributed by atoms with Crippen molar-refractivity contribution in [2.75, 3.05) is 5.32 Å². The highest BCUT2D eigenvalue weighted by atomic mass is 19.1. The van der Waals surface area contributed by atoms with Gasteiger partial charge in [-0.25, -0.2) is 18.7 Å². The quantitative estimate of drug-likeness (QED) is 0.756. The zero-order chi connectivity index (χ0) is 15.7. The van der Waals surface area contributed by atoms with Crippen molar-refractivity contribution in [2.45, 2.75) is 0 Å². The number of hydrogen-bond acceptors (Lipinski definition) is 4. The number of carbonyl (C=O) groups is 1. The first-order valence-corrected chi connectivity index (χ1v) is 6.12. The van der Waals surface area contributed by atoms with Crippen LogP contribution in [0.5, 0.6) is 0 Å². The van der Waals surface area contributed by atoms with Crippen LogP contribution in [0.15, 0.2) is 36.7 Å². The lowest BCUT2D eigenvalue weighted by Crippen LogP contribution is -2.08. The van der Waals surface area contributed by atoms with Gasteiger partial charge in [0.25, 0.3) is 0 Å². The Hall–Kier alpha value is -3.47. The number of anilines is 1. The summed E-state index contributed by atoms with van der Waals surface area (Å²) in [6, 6.07) is 8.79. The lowest BCUT2D eigenvalue weighted by Gasteiger charge is -2.09. The number of halogens is 1. The Bertz CT molecular complexity index is 929. The molecule has 1 amide bonds. The minimum absolute atomic E-state index is 0.184. The van der Waals surface area contributed by atoms with Crippen LogP contribution >= 0.6 is 0 Å². The summed E-state index contributed by atoms with van der Waals surface area (Å²) in [7, 11) is 0. The number of aromatic nitrogens is 3. The van der Waals surface area contributed by atoms with E-state index in [9.17, 15) is 9.18 Å². The highest BCUT2D eigenvalue weighted by molar-refractivity contribution is 5.85. The predicted octanol–water partition coefficient (Wildman–Crippen LogP) is 2.50. The van der Waals surface area contributed by atoms with E-state index < -0.39 is 11.9 Å². The Balaban J connectivity index is 2.23. The van der Waals surface area contributed by atoms with E-state index in [1.165, 1.54) is 35.1 Å². The number of rotatable bonds is 2. The summed E-state index contributed by atoms with van der Waals surface area (Å²) >= 11 is 0. The molecule has 7 nitrogen and oxygen atoms in total. The maximum atomic E-state index is 14.2. The first kappa shape index (κ1) is 13.5. The van der Waals surface area contributed by atoms with E-state index in [2.05, 4.69) is 15.4 Å². The van der Waals surface area contributed by atoms with Crippen molar-refractivity contribution in [1.29, 1.82) is 5.26 Å². The number of fused-ring (bicyclic) bond motifs is 1. The molecule has 0 fully saturated rings. The molecule has 22 heavy (non-hydrogen) atoms. The van der Waals surface area contributed by atoms with Gasteiger partial charge in [0.1, 0.15) is 12.1 Å². The zero-order valence-electron chi connectivity index (χ0n) is 11.0. The lowest BCUT2D eigenvalue weighted by atomic mass is 10.1. The first-order valence-electron chi connectivity index (χ1n) is 6.12. The number of nitriles is 1. The number of nitrogens with zero attached hydrogens (tertiary/aromatic N) is 4. The minimum Gasteiger partial charge on any atom is -0.465 e. The van der Waals surface area contributed by atoms with Gasteiger partial charge in [0, 0.05) is 17.3 Å². The van der Waals surface area contributed by atoms with Crippen LogP contribution in [0.25, 0.3) is 16.9 Å². The molecule has 0 unspecified atom stereocenters. The molecule has 3 rings (SSSR count).